The van der Waals surface area contributed by atoms with E-state index in [0.717, 1.165) is 17.4 Å². The number of pyridine rings is 1. The molecule has 2 aromatic rings. The molecule has 0 saturated heterocycles. The third-order valence-corrected chi connectivity index (χ3v) is 2.76. The molecule has 0 aliphatic rings. The molecule has 1 N–H and O–H groups in total. The lowest BCUT2D eigenvalue weighted by molar-refractivity contribution is -0.141. The minimum absolute atomic E-state index is 0.480. The Bertz CT molecular complexity index is 582. The van der Waals surface area contributed by atoms with Crippen LogP contribution in [0.4, 0.5) is 18.9 Å². The van der Waals surface area contributed by atoms with E-state index in [1.165, 1.54) is 12.3 Å². The predicted octanol–water partition coefficient (Wildman–Crippen LogP) is 4.11. The lowest BCUT2D eigenvalue weighted by atomic mass is 10.2. The van der Waals surface area contributed by atoms with Crippen LogP contribution < -0.4 is 10.1 Å². The fourth-order valence-corrected chi connectivity index (χ4v) is 1.78. The molecule has 0 unspecified atom stereocenters. The van der Waals surface area contributed by atoms with Crippen LogP contribution in [0.3, 0.4) is 0 Å². The molecule has 0 saturated carbocycles. The van der Waals surface area contributed by atoms with E-state index in [9.17, 15) is 13.2 Å². The molecule has 112 valence electrons. The minimum Gasteiger partial charge on any atom is -0.494 e. The van der Waals surface area contributed by atoms with Crippen LogP contribution in [0.25, 0.3) is 0 Å². The van der Waals surface area contributed by atoms with E-state index in [1.54, 1.807) is 0 Å². The molecule has 0 bridgehead atoms. The van der Waals surface area contributed by atoms with Crippen LogP contribution in [0.2, 0.25) is 0 Å². The van der Waals surface area contributed by atoms with E-state index in [4.69, 9.17) is 4.74 Å². The van der Waals surface area contributed by atoms with Crippen LogP contribution in [0.15, 0.2) is 42.6 Å². The summed E-state index contributed by atoms with van der Waals surface area (Å²) in [6, 6.07) is 9.84. The Kier molecular flexibility index (Phi) is 4.67. The van der Waals surface area contributed by atoms with E-state index in [0.29, 0.717) is 18.8 Å². The summed E-state index contributed by atoms with van der Waals surface area (Å²) in [6.45, 7) is 2.96. The number of rotatable bonds is 5. The number of nitrogens with one attached hydrogen (secondary N) is 1. The molecule has 0 fully saturated rings. The monoisotopic (exact) mass is 296 g/mol. The Hall–Kier alpha value is -2.24. The van der Waals surface area contributed by atoms with Crippen LogP contribution in [0, 0.1) is 0 Å². The number of benzene rings is 1. The van der Waals surface area contributed by atoms with Crippen molar-refractivity contribution in [3.63, 3.8) is 0 Å². The third-order valence-electron chi connectivity index (χ3n) is 2.76. The van der Waals surface area contributed by atoms with E-state index in [2.05, 4.69) is 10.3 Å². The molecule has 1 heterocycles. The fraction of sp³-hybridized carbons (Fsp3) is 0.267. The summed E-state index contributed by atoms with van der Waals surface area (Å²) in [5.41, 5.74) is 0.608. The van der Waals surface area contributed by atoms with Crippen LogP contribution in [0.5, 0.6) is 5.75 Å². The van der Waals surface area contributed by atoms with E-state index < -0.39 is 11.9 Å². The summed E-state index contributed by atoms with van der Waals surface area (Å²) < 4.78 is 42.6. The number of hydrogen-bond donors (Lipinski definition) is 1. The maximum absolute atomic E-state index is 12.4. The van der Waals surface area contributed by atoms with Crippen LogP contribution in [-0.4, -0.2) is 11.6 Å². The van der Waals surface area contributed by atoms with Crippen molar-refractivity contribution < 1.29 is 17.9 Å². The lowest BCUT2D eigenvalue weighted by Crippen LogP contribution is -2.08. The Morgan fingerprint density at radius 1 is 1.19 bits per heavy atom. The molecule has 0 amide bonds. The number of halogens is 3. The van der Waals surface area contributed by atoms with Gasteiger partial charge in [0.15, 0.2) is 0 Å². The zero-order valence-electron chi connectivity index (χ0n) is 11.4. The predicted molar refractivity (Wildman–Crippen MR) is 74.2 cm³/mol. The van der Waals surface area contributed by atoms with Crippen LogP contribution in [0.1, 0.15) is 18.2 Å². The molecule has 0 spiro atoms. The van der Waals surface area contributed by atoms with Gasteiger partial charge in [-0.15, -0.1) is 0 Å². The van der Waals surface area contributed by atoms with Crippen molar-refractivity contribution in [2.45, 2.75) is 19.6 Å². The number of nitrogens with zero attached hydrogens (tertiary/aromatic N) is 1. The molecule has 0 atom stereocenters. The van der Waals surface area contributed by atoms with E-state index in [-0.39, 0.29) is 0 Å². The highest BCUT2D eigenvalue weighted by Gasteiger charge is 2.31. The highest BCUT2D eigenvalue weighted by Crippen LogP contribution is 2.27. The second kappa shape index (κ2) is 6.47. The number of aromatic nitrogens is 1. The first kappa shape index (κ1) is 15.2. The molecule has 0 aliphatic carbocycles. The first-order valence-electron chi connectivity index (χ1n) is 6.48. The number of anilines is 1. The normalized spacial score (nSPS) is 11.2. The van der Waals surface area contributed by atoms with Gasteiger partial charge >= 0.3 is 6.18 Å². The summed E-state index contributed by atoms with van der Waals surface area (Å²) in [5, 5.41) is 3.02. The van der Waals surface area contributed by atoms with Gasteiger partial charge in [-0.2, -0.15) is 13.2 Å². The molecule has 1 aromatic carbocycles. The zero-order valence-corrected chi connectivity index (χ0v) is 11.4. The average molecular weight is 296 g/mol. The molecule has 21 heavy (non-hydrogen) atoms. The largest absolute Gasteiger partial charge is 0.494 e. The molecule has 1 aromatic heterocycles. The van der Waals surface area contributed by atoms with Gasteiger partial charge in [-0.05, 0) is 36.8 Å². The molecular weight excluding hydrogens is 281 g/mol. The molecule has 6 heteroatoms. The average Bonchev–Trinajstić information content (AvgIpc) is 2.45. The summed E-state index contributed by atoms with van der Waals surface area (Å²) in [7, 11) is 0. The molecule has 0 aliphatic heterocycles. The standard InChI is InChI=1S/C15H15F3N2O/c1-2-21-13-5-3-4-11(8-13)9-19-12-6-7-14(20-10-12)15(16,17)18/h3-8,10,19H,2,9H2,1H3. The molecule has 3 nitrogen and oxygen atoms in total. The summed E-state index contributed by atoms with van der Waals surface area (Å²) in [5.74, 6) is 0.766. The van der Waals surface area contributed by atoms with Crippen molar-refractivity contribution in [3.05, 3.63) is 53.9 Å². The fourth-order valence-electron chi connectivity index (χ4n) is 1.78. The topological polar surface area (TPSA) is 34.1 Å². The van der Waals surface area contributed by atoms with Gasteiger partial charge in [0.05, 0.1) is 18.5 Å². The van der Waals surface area contributed by atoms with Gasteiger partial charge < -0.3 is 10.1 Å². The van der Waals surface area contributed by atoms with Gasteiger partial charge in [0.25, 0.3) is 0 Å². The second-order valence-electron chi connectivity index (χ2n) is 4.36. The van der Waals surface area contributed by atoms with Crippen molar-refractivity contribution in [2.24, 2.45) is 0 Å². The first-order valence-corrected chi connectivity index (χ1v) is 6.48. The van der Waals surface area contributed by atoms with Crippen molar-refractivity contribution >= 4 is 5.69 Å². The summed E-state index contributed by atoms with van der Waals surface area (Å²) in [6.07, 6.45) is -3.24. The Labute approximate surface area is 120 Å². The molecular formula is C15H15F3N2O. The Morgan fingerprint density at radius 2 is 2.00 bits per heavy atom. The van der Waals surface area contributed by atoms with Crippen molar-refractivity contribution in [3.8, 4) is 5.75 Å². The van der Waals surface area contributed by atoms with Crippen molar-refractivity contribution in [1.82, 2.24) is 4.98 Å². The quantitative estimate of drug-likeness (QED) is 0.901. The smallest absolute Gasteiger partial charge is 0.433 e. The summed E-state index contributed by atoms with van der Waals surface area (Å²) in [4.78, 5) is 3.40. The van der Waals surface area contributed by atoms with Gasteiger partial charge in [0.2, 0.25) is 0 Å². The van der Waals surface area contributed by atoms with E-state index >= 15 is 0 Å². The molecule has 2 rings (SSSR count). The zero-order chi connectivity index (χ0) is 15.3. The highest BCUT2D eigenvalue weighted by molar-refractivity contribution is 5.42. The minimum atomic E-state index is -4.41. The number of hydrogen-bond acceptors (Lipinski definition) is 3. The van der Waals surface area contributed by atoms with Gasteiger partial charge in [-0.25, -0.2) is 4.98 Å². The summed E-state index contributed by atoms with van der Waals surface area (Å²) >= 11 is 0. The van der Waals surface area contributed by atoms with E-state index in [1.807, 2.05) is 31.2 Å². The van der Waals surface area contributed by atoms with Gasteiger partial charge in [0.1, 0.15) is 11.4 Å². The number of alkyl halides is 3. The highest BCUT2D eigenvalue weighted by atomic mass is 19.4. The van der Waals surface area contributed by atoms with Gasteiger partial charge in [-0.3, -0.25) is 0 Å². The van der Waals surface area contributed by atoms with Crippen LogP contribution >= 0.6 is 0 Å². The molecule has 0 radical (unpaired) electrons. The van der Waals surface area contributed by atoms with Crippen molar-refractivity contribution in [2.75, 3.05) is 11.9 Å². The number of ether oxygens (including phenoxy) is 1. The second-order valence-corrected chi connectivity index (χ2v) is 4.36. The van der Waals surface area contributed by atoms with Gasteiger partial charge in [-0.1, -0.05) is 12.1 Å². The Balaban J connectivity index is 1.98. The Morgan fingerprint density at radius 3 is 2.62 bits per heavy atom. The SMILES string of the molecule is CCOc1cccc(CNc2ccc(C(F)(F)F)nc2)c1. The van der Waals surface area contributed by atoms with Crippen molar-refractivity contribution in [1.29, 1.82) is 0 Å². The maximum atomic E-state index is 12.4. The van der Waals surface area contributed by atoms with Gasteiger partial charge in [0, 0.05) is 6.54 Å². The maximum Gasteiger partial charge on any atom is 0.433 e. The lowest BCUT2D eigenvalue weighted by Gasteiger charge is -2.10. The first-order chi connectivity index (χ1) is 9.99. The third kappa shape index (κ3) is 4.37. The van der Waals surface area contributed by atoms with Crippen LogP contribution in [-0.2, 0) is 12.7 Å².